The van der Waals surface area contributed by atoms with Crippen LogP contribution in [-0.4, -0.2) is 41.6 Å². The molecule has 0 aromatic carbocycles. The molecular formula is C19H23N3O3. The molecule has 0 unspecified atom stereocenters. The van der Waals surface area contributed by atoms with Gasteiger partial charge in [-0.15, -0.1) is 0 Å². The van der Waals surface area contributed by atoms with E-state index in [1.54, 1.807) is 12.5 Å². The topological polar surface area (TPSA) is 67.6 Å². The minimum absolute atomic E-state index is 0.0556. The predicted molar refractivity (Wildman–Crippen MR) is 91.4 cm³/mol. The molecule has 6 nitrogen and oxygen atoms in total. The van der Waals surface area contributed by atoms with Gasteiger partial charge in [-0.05, 0) is 30.7 Å². The van der Waals surface area contributed by atoms with E-state index >= 15 is 0 Å². The average Bonchev–Trinajstić information content (AvgIpc) is 3.31. The molecule has 2 fully saturated rings. The number of rotatable bonds is 5. The van der Waals surface area contributed by atoms with Crippen molar-refractivity contribution in [1.82, 2.24) is 15.2 Å². The van der Waals surface area contributed by atoms with E-state index in [-0.39, 0.29) is 17.9 Å². The van der Waals surface area contributed by atoms with Gasteiger partial charge in [-0.1, -0.05) is 6.07 Å². The highest BCUT2D eigenvalue weighted by atomic mass is 16.5. The molecule has 0 spiro atoms. The van der Waals surface area contributed by atoms with Crippen LogP contribution < -0.4 is 5.32 Å². The first kappa shape index (κ1) is 16.3. The lowest BCUT2D eigenvalue weighted by Gasteiger charge is -2.38. The number of nitrogens with zero attached hydrogens (tertiary/aromatic N) is 2. The van der Waals surface area contributed by atoms with Crippen molar-refractivity contribution in [2.24, 2.45) is 11.8 Å². The third kappa shape index (κ3) is 3.75. The zero-order chi connectivity index (χ0) is 17.1. The second kappa shape index (κ2) is 7.37. The Morgan fingerprint density at radius 3 is 3.04 bits per heavy atom. The Labute approximate surface area is 147 Å². The van der Waals surface area contributed by atoms with E-state index in [9.17, 15) is 4.79 Å². The van der Waals surface area contributed by atoms with Crippen molar-refractivity contribution in [3.05, 3.63) is 54.2 Å². The number of carbonyl (C=O) groups excluding carboxylic acids is 1. The fourth-order valence-electron chi connectivity index (χ4n) is 3.90. The molecule has 2 saturated heterocycles. The van der Waals surface area contributed by atoms with Crippen molar-refractivity contribution < 1.29 is 13.9 Å². The van der Waals surface area contributed by atoms with E-state index in [1.807, 2.05) is 30.3 Å². The summed E-state index contributed by atoms with van der Waals surface area (Å²) in [6.45, 7) is 3.51. The lowest BCUT2D eigenvalue weighted by atomic mass is 9.82. The first-order chi connectivity index (χ1) is 12.3. The molecular weight excluding hydrogens is 318 g/mol. The molecule has 4 heterocycles. The van der Waals surface area contributed by atoms with Gasteiger partial charge in [-0.25, -0.2) is 0 Å². The number of ether oxygens (including phenoxy) is 1. The van der Waals surface area contributed by atoms with Gasteiger partial charge >= 0.3 is 0 Å². The number of carbonyl (C=O) groups is 1. The second-order valence-corrected chi connectivity index (χ2v) is 6.78. The molecule has 25 heavy (non-hydrogen) atoms. The van der Waals surface area contributed by atoms with Crippen LogP contribution in [0.25, 0.3) is 0 Å². The zero-order valence-electron chi connectivity index (χ0n) is 14.1. The molecule has 0 saturated carbocycles. The van der Waals surface area contributed by atoms with Crippen molar-refractivity contribution in [3.8, 4) is 0 Å². The van der Waals surface area contributed by atoms with E-state index in [2.05, 4.69) is 15.2 Å². The minimum Gasteiger partial charge on any atom is -0.468 e. The van der Waals surface area contributed by atoms with Gasteiger partial charge in [-0.3, -0.25) is 14.7 Å². The number of hydrogen-bond acceptors (Lipinski definition) is 5. The molecule has 3 atom stereocenters. The lowest BCUT2D eigenvalue weighted by Crippen LogP contribution is -2.52. The molecule has 4 rings (SSSR count). The fourth-order valence-corrected chi connectivity index (χ4v) is 3.90. The number of likely N-dealkylation sites (tertiary alicyclic amines) is 1. The smallest absolute Gasteiger partial charge is 0.225 e. The maximum Gasteiger partial charge on any atom is 0.225 e. The molecule has 2 aromatic rings. The van der Waals surface area contributed by atoms with Crippen molar-refractivity contribution in [2.45, 2.75) is 25.6 Å². The maximum absolute atomic E-state index is 12.8. The van der Waals surface area contributed by atoms with Gasteiger partial charge in [0.05, 0.1) is 37.1 Å². The third-order valence-corrected chi connectivity index (χ3v) is 5.14. The minimum atomic E-state index is -0.0556. The molecule has 1 N–H and O–H groups in total. The molecule has 6 heteroatoms. The molecule has 0 radical (unpaired) electrons. The van der Waals surface area contributed by atoms with Gasteiger partial charge in [0.2, 0.25) is 5.91 Å². The summed E-state index contributed by atoms with van der Waals surface area (Å²) in [4.78, 5) is 19.3. The molecule has 0 aliphatic carbocycles. The van der Waals surface area contributed by atoms with Crippen LogP contribution in [0.1, 0.15) is 17.9 Å². The molecule has 132 valence electrons. The summed E-state index contributed by atoms with van der Waals surface area (Å²) in [6, 6.07) is 9.59. The number of pyridine rings is 1. The van der Waals surface area contributed by atoms with E-state index in [0.717, 1.165) is 37.6 Å². The SMILES string of the molecule is O=C(NCc1ccccn1)[C@@H]1CN(Cc2ccco2)C[C@H]2OCC[C@H]21. The Morgan fingerprint density at radius 2 is 2.24 bits per heavy atom. The summed E-state index contributed by atoms with van der Waals surface area (Å²) in [7, 11) is 0. The summed E-state index contributed by atoms with van der Waals surface area (Å²) in [6.07, 6.45) is 4.52. The standard InChI is InChI=1S/C19H23N3O3/c23-19(21-10-14-4-1-2-7-20-14)17-12-22(11-15-5-3-8-24-15)13-18-16(17)6-9-25-18/h1-5,7-8,16-18H,6,9-13H2,(H,21,23)/t16-,17+,18+/m0/s1. The summed E-state index contributed by atoms with van der Waals surface area (Å²) >= 11 is 0. The van der Waals surface area contributed by atoms with Crippen molar-refractivity contribution >= 4 is 5.91 Å². The molecule has 2 aliphatic heterocycles. The quantitative estimate of drug-likeness (QED) is 0.899. The van der Waals surface area contributed by atoms with Crippen LogP contribution in [0.3, 0.4) is 0 Å². The predicted octanol–water partition coefficient (Wildman–Crippen LogP) is 1.83. The maximum atomic E-state index is 12.8. The lowest BCUT2D eigenvalue weighted by molar-refractivity contribution is -0.131. The first-order valence-electron chi connectivity index (χ1n) is 8.83. The fraction of sp³-hybridized carbons (Fsp3) is 0.474. The first-order valence-corrected chi connectivity index (χ1v) is 8.83. The monoisotopic (exact) mass is 341 g/mol. The summed E-state index contributed by atoms with van der Waals surface area (Å²) in [5.41, 5.74) is 0.873. The molecule has 2 aromatic heterocycles. The molecule has 2 aliphatic rings. The van der Waals surface area contributed by atoms with Crippen LogP contribution in [0.5, 0.6) is 0 Å². The summed E-state index contributed by atoms with van der Waals surface area (Å²) in [5, 5.41) is 3.05. The Bertz CT molecular complexity index is 689. The summed E-state index contributed by atoms with van der Waals surface area (Å²) < 4.78 is 11.3. The van der Waals surface area contributed by atoms with Gasteiger partial charge < -0.3 is 14.5 Å². The van der Waals surface area contributed by atoms with Gasteiger partial charge in [0.1, 0.15) is 5.76 Å². The Kier molecular flexibility index (Phi) is 4.81. The van der Waals surface area contributed by atoms with Crippen LogP contribution in [0.4, 0.5) is 0 Å². The average molecular weight is 341 g/mol. The van der Waals surface area contributed by atoms with E-state index < -0.39 is 0 Å². The number of amides is 1. The van der Waals surface area contributed by atoms with Crippen LogP contribution in [0.15, 0.2) is 47.2 Å². The molecule has 1 amide bonds. The zero-order valence-corrected chi connectivity index (χ0v) is 14.1. The van der Waals surface area contributed by atoms with E-state index in [1.165, 1.54) is 0 Å². The Hall–Kier alpha value is -2.18. The highest BCUT2D eigenvalue weighted by Gasteiger charge is 2.43. The van der Waals surface area contributed by atoms with Crippen molar-refractivity contribution in [3.63, 3.8) is 0 Å². The molecule has 0 bridgehead atoms. The highest BCUT2D eigenvalue weighted by molar-refractivity contribution is 5.79. The second-order valence-electron chi connectivity index (χ2n) is 6.78. The number of piperidine rings is 1. The normalized spacial score (nSPS) is 26.3. The van der Waals surface area contributed by atoms with Gasteiger partial charge in [0.25, 0.3) is 0 Å². The van der Waals surface area contributed by atoms with Crippen LogP contribution in [0.2, 0.25) is 0 Å². The Morgan fingerprint density at radius 1 is 1.28 bits per heavy atom. The highest BCUT2D eigenvalue weighted by Crippen LogP contribution is 2.34. The number of hydrogen-bond donors (Lipinski definition) is 1. The van der Waals surface area contributed by atoms with Crippen LogP contribution in [0, 0.1) is 11.8 Å². The number of fused-ring (bicyclic) bond motifs is 1. The van der Waals surface area contributed by atoms with Gasteiger partial charge in [-0.2, -0.15) is 0 Å². The van der Waals surface area contributed by atoms with Gasteiger partial charge in [0, 0.05) is 31.8 Å². The van der Waals surface area contributed by atoms with Crippen molar-refractivity contribution in [1.29, 1.82) is 0 Å². The third-order valence-electron chi connectivity index (χ3n) is 5.14. The van der Waals surface area contributed by atoms with Crippen LogP contribution >= 0.6 is 0 Å². The summed E-state index contributed by atoms with van der Waals surface area (Å²) in [5.74, 6) is 1.26. The number of aromatic nitrogens is 1. The number of nitrogens with one attached hydrogen (secondary N) is 1. The van der Waals surface area contributed by atoms with Crippen molar-refractivity contribution in [2.75, 3.05) is 19.7 Å². The number of furan rings is 1. The van der Waals surface area contributed by atoms with E-state index in [0.29, 0.717) is 19.0 Å². The Balaban J connectivity index is 1.41. The van der Waals surface area contributed by atoms with Crippen LogP contribution in [-0.2, 0) is 22.6 Å². The van der Waals surface area contributed by atoms with E-state index in [4.69, 9.17) is 9.15 Å². The largest absolute Gasteiger partial charge is 0.468 e. The van der Waals surface area contributed by atoms with Gasteiger partial charge in [0.15, 0.2) is 0 Å².